The van der Waals surface area contributed by atoms with E-state index < -0.39 is 0 Å². The van der Waals surface area contributed by atoms with Gasteiger partial charge in [-0.3, -0.25) is 0 Å². The molecule has 0 fully saturated rings. The Morgan fingerprint density at radius 2 is 1.83 bits per heavy atom. The van der Waals surface area contributed by atoms with Crippen LogP contribution in [0.1, 0.15) is 5.56 Å². The Hall–Kier alpha value is -0.350. The Morgan fingerprint density at radius 3 is 2.56 bits per heavy atom. The molecule has 0 unspecified atom stereocenters. The monoisotopic (exact) mass is 361 g/mol. The normalized spacial score (nSPS) is 10.7. The highest BCUT2D eigenvalue weighted by Gasteiger charge is 2.08. The first-order valence-electron chi connectivity index (χ1n) is 5.16. The van der Waals surface area contributed by atoms with Gasteiger partial charge < -0.3 is 5.73 Å². The van der Waals surface area contributed by atoms with Crippen molar-refractivity contribution in [1.82, 2.24) is 0 Å². The molecule has 0 aliphatic heterocycles. The van der Waals surface area contributed by atoms with E-state index in [0.29, 0.717) is 10.0 Å². The van der Waals surface area contributed by atoms with E-state index in [1.54, 1.807) is 23.9 Å². The van der Waals surface area contributed by atoms with E-state index in [1.165, 1.54) is 0 Å². The quantitative estimate of drug-likeness (QED) is 0.683. The molecule has 0 aliphatic carbocycles. The van der Waals surface area contributed by atoms with Crippen LogP contribution < -0.4 is 5.73 Å². The van der Waals surface area contributed by atoms with Gasteiger partial charge in [0.1, 0.15) is 0 Å². The highest BCUT2D eigenvalue weighted by Crippen LogP contribution is 2.39. The Labute approximate surface area is 129 Å². The first kappa shape index (κ1) is 14.1. The van der Waals surface area contributed by atoms with Crippen molar-refractivity contribution < 1.29 is 0 Å². The molecule has 0 aliphatic rings. The summed E-state index contributed by atoms with van der Waals surface area (Å²) in [5.74, 6) is 0. The van der Waals surface area contributed by atoms with E-state index in [1.807, 2.05) is 25.1 Å². The van der Waals surface area contributed by atoms with Crippen LogP contribution in [0.4, 0.5) is 5.69 Å². The van der Waals surface area contributed by atoms with Crippen molar-refractivity contribution in [3.05, 3.63) is 50.4 Å². The van der Waals surface area contributed by atoms with Gasteiger partial charge in [0, 0.05) is 25.0 Å². The molecule has 0 bridgehead atoms. The van der Waals surface area contributed by atoms with Crippen molar-refractivity contribution in [3.8, 4) is 0 Å². The number of benzene rings is 2. The molecule has 18 heavy (non-hydrogen) atoms. The molecule has 0 saturated heterocycles. The molecule has 5 heteroatoms. The maximum Gasteiger partial charge on any atom is 0.0546 e. The lowest BCUT2D eigenvalue weighted by Gasteiger charge is -2.09. The molecule has 0 heterocycles. The number of hydrogen-bond acceptors (Lipinski definition) is 2. The molecule has 0 atom stereocenters. The predicted molar refractivity (Wildman–Crippen MR) is 83.9 cm³/mol. The van der Waals surface area contributed by atoms with Gasteiger partial charge in [0.25, 0.3) is 0 Å². The average Bonchev–Trinajstić information content (AvgIpc) is 2.30. The summed E-state index contributed by atoms with van der Waals surface area (Å²) in [5.41, 5.74) is 7.66. The van der Waals surface area contributed by atoms with Crippen LogP contribution in [0, 0.1) is 6.92 Å². The standard InChI is InChI=1S/C13H10BrCl2NS/c1-7-4-12(9(14)6-11(7)17)18-13-5-8(15)2-3-10(13)16/h2-6H,17H2,1H3. The lowest BCUT2D eigenvalue weighted by Crippen LogP contribution is -1.90. The predicted octanol–water partition coefficient (Wildman–Crippen LogP) is 5.80. The van der Waals surface area contributed by atoms with Crippen LogP contribution in [0.3, 0.4) is 0 Å². The smallest absolute Gasteiger partial charge is 0.0546 e. The van der Waals surface area contributed by atoms with Crippen molar-refractivity contribution in [3.63, 3.8) is 0 Å². The summed E-state index contributed by atoms with van der Waals surface area (Å²) in [5, 5.41) is 1.36. The molecule has 0 saturated carbocycles. The Balaban J connectivity index is 2.40. The summed E-state index contributed by atoms with van der Waals surface area (Å²) in [6, 6.07) is 9.35. The number of halogens is 3. The second-order valence-electron chi connectivity index (χ2n) is 3.82. The van der Waals surface area contributed by atoms with E-state index in [-0.39, 0.29) is 0 Å². The molecule has 2 aromatic carbocycles. The zero-order chi connectivity index (χ0) is 13.3. The fourth-order valence-electron chi connectivity index (χ4n) is 1.42. The summed E-state index contributed by atoms with van der Waals surface area (Å²) in [7, 11) is 0. The third-order valence-corrected chi connectivity index (χ3v) is 5.14. The number of nitrogen functional groups attached to an aromatic ring is 1. The molecule has 0 radical (unpaired) electrons. The number of hydrogen-bond donors (Lipinski definition) is 1. The fraction of sp³-hybridized carbons (Fsp3) is 0.0769. The van der Waals surface area contributed by atoms with Crippen molar-refractivity contribution >= 4 is 56.6 Å². The third-order valence-electron chi connectivity index (χ3n) is 2.43. The average molecular weight is 363 g/mol. The zero-order valence-corrected chi connectivity index (χ0v) is 13.4. The lowest BCUT2D eigenvalue weighted by atomic mass is 10.2. The lowest BCUT2D eigenvalue weighted by molar-refractivity contribution is 1.32. The van der Waals surface area contributed by atoms with Crippen LogP contribution in [0.5, 0.6) is 0 Å². The molecular weight excluding hydrogens is 353 g/mol. The van der Waals surface area contributed by atoms with Gasteiger partial charge in [-0.2, -0.15) is 0 Å². The third kappa shape index (κ3) is 3.15. The second-order valence-corrected chi connectivity index (χ2v) is 6.60. The van der Waals surface area contributed by atoms with E-state index in [9.17, 15) is 0 Å². The minimum absolute atomic E-state index is 0.671. The first-order chi connectivity index (χ1) is 8.47. The molecule has 1 nitrogen and oxygen atoms in total. The van der Waals surface area contributed by atoms with Gasteiger partial charge >= 0.3 is 0 Å². The first-order valence-corrected chi connectivity index (χ1v) is 7.52. The molecule has 2 aromatic rings. The highest BCUT2D eigenvalue weighted by atomic mass is 79.9. The maximum atomic E-state index is 6.15. The molecule has 94 valence electrons. The summed E-state index contributed by atoms with van der Waals surface area (Å²) in [6.45, 7) is 1.98. The molecule has 0 amide bonds. The number of anilines is 1. The van der Waals surface area contributed by atoms with Gasteiger partial charge in [0.05, 0.1) is 5.02 Å². The minimum atomic E-state index is 0.671. The van der Waals surface area contributed by atoms with Crippen LogP contribution >= 0.6 is 50.9 Å². The topological polar surface area (TPSA) is 26.0 Å². The fourth-order valence-corrected chi connectivity index (χ4v) is 3.48. The van der Waals surface area contributed by atoms with E-state index in [2.05, 4.69) is 15.9 Å². The molecular formula is C13H10BrCl2NS. The second kappa shape index (κ2) is 5.74. The van der Waals surface area contributed by atoms with Gasteiger partial charge in [-0.15, -0.1) is 0 Å². The maximum absolute atomic E-state index is 6.15. The van der Waals surface area contributed by atoms with Crippen molar-refractivity contribution in [2.45, 2.75) is 16.7 Å². The van der Waals surface area contributed by atoms with Crippen LogP contribution in [-0.4, -0.2) is 0 Å². The van der Waals surface area contributed by atoms with Gasteiger partial charge in [0.15, 0.2) is 0 Å². The summed E-state index contributed by atoms with van der Waals surface area (Å²) in [6.07, 6.45) is 0. The number of nitrogens with two attached hydrogens (primary N) is 1. The molecule has 0 aromatic heterocycles. The van der Waals surface area contributed by atoms with Crippen LogP contribution in [0.2, 0.25) is 10.0 Å². The molecule has 2 N–H and O–H groups in total. The van der Waals surface area contributed by atoms with Crippen molar-refractivity contribution in [2.24, 2.45) is 0 Å². The van der Waals surface area contributed by atoms with Crippen molar-refractivity contribution in [1.29, 1.82) is 0 Å². The van der Waals surface area contributed by atoms with E-state index in [0.717, 1.165) is 25.5 Å². The summed E-state index contributed by atoms with van der Waals surface area (Å²) in [4.78, 5) is 1.99. The number of rotatable bonds is 2. The van der Waals surface area contributed by atoms with Crippen molar-refractivity contribution in [2.75, 3.05) is 5.73 Å². The zero-order valence-electron chi connectivity index (χ0n) is 9.51. The van der Waals surface area contributed by atoms with E-state index in [4.69, 9.17) is 28.9 Å². The summed E-state index contributed by atoms with van der Waals surface area (Å²) < 4.78 is 0.951. The Kier molecular flexibility index (Phi) is 4.49. The van der Waals surface area contributed by atoms with E-state index >= 15 is 0 Å². The largest absolute Gasteiger partial charge is 0.398 e. The SMILES string of the molecule is Cc1cc(Sc2cc(Cl)ccc2Cl)c(Br)cc1N. The van der Waals surface area contributed by atoms with Crippen LogP contribution in [-0.2, 0) is 0 Å². The highest BCUT2D eigenvalue weighted by molar-refractivity contribution is 9.10. The van der Waals surface area contributed by atoms with Gasteiger partial charge in [-0.05, 0) is 58.7 Å². The van der Waals surface area contributed by atoms with Crippen LogP contribution in [0.15, 0.2) is 44.6 Å². The Morgan fingerprint density at radius 1 is 1.11 bits per heavy atom. The van der Waals surface area contributed by atoms with Gasteiger partial charge in [0.2, 0.25) is 0 Å². The van der Waals surface area contributed by atoms with Gasteiger partial charge in [-0.25, -0.2) is 0 Å². The number of aryl methyl sites for hydroxylation is 1. The van der Waals surface area contributed by atoms with Crippen LogP contribution in [0.25, 0.3) is 0 Å². The molecule has 2 rings (SSSR count). The Bertz CT molecular complexity index is 602. The summed E-state index contributed by atoms with van der Waals surface area (Å²) >= 11 is 17.2. The minimum Gasteiger partial charge on any atom is -0.398 e. The molecule has 0 spiro atoms. The van der Waals surface area contributed by atoms with Gasteiger partial charge in [-0.1, -0.05) is 35.0 Å².